The number of rotatable bonds is 6. The molecule has 0 bridgehead atoms. The van der Waals surface area contributed by atoms with Gasteiger partial charge in [-0.3, -0.25) is 4.79 Å². The number of anilines is 1. The Kier molecular flexibility index (Phi) is 6.08. The zero-order chi connectivity index (χ0) is 25.2. The fourth-order valence-corrected chi connectivity index (χ4v) is 4.10. The van der Waals surface area contributed by atoms with E-state index in [0.717, 1.165) is 22.3 Å². The second-order valence-corrected chi connectivity index (χ2v) is 8.12. The Morgan fingerprint density at radius 3 is 2.50 bits per heavy atom. The van der Waals surface area contributed by atoms with E-state index in [1.165, 1.54) is 19.2 Å². The fourth-order valence-electron chi connectivity index (χ4n) is 4.10. The van der Waals surface area contributed by atoms with Gasteiger partial charge in [-0.05, 0) is 55.5 Å². The summed E-state index contributed by atoms with van der Waals surface area (Å²) in [7, 11) is 3.10. The van der Waals surface area contributed by atoms with Crippen LogP contribution in [0.15, 0.2) is 79.0 Å². The molecule has 2 aromatic heterocycles. The molecule has 0 aliphatic carbocycles. The third-order valence-electron chi connectivity index (χ3n) is 5.97. The van der Waals surface area contributed by atoms with Crippen molar-refractivity contribution < 1.29 is 18.7 Å². The minimum Gasteiger partial charge on any atom is -0.497 e. The molecule has 3 aromatic carbocycles. The third-order valence-corrected chi connectivity index (χ3v) is 5.97. The van der Waals surface area contributed by atoms with Crippen molar-refractivity contribution in [1.82, 2.24) is 14.8 Å². The maximum Gasteiger partial charge on any atom is 0.256 e. The number of carbonyl (C=O) groups excluding carboxylic acids is 1. The van der Waals surface area contributed by atoms with E-state index in [2.05, 4.69) is 10.4 Å². The van der Waals surface area contributed by atoms with E-state index < -0.39 is 0 Å². The molecular formula is C28H23FN4O3. The van der Waals surface area contributed by atoms with Crippen molar-refractivity contribution in [2.45, 2.75) is 6.92 Å². The molecule has 7 nitrogen and oxygen atoms in total. The van der Waals surface area contributed by atoms with E-state index in [0.29, 0.717) is 34.0 Å². The number of carbonyl (C=O) groups is 1. The Hall–Kier alpha value is -4.72. The Labute approximate surface area is 207 Å². The molecule has 1 N–H and O–H groups in total. The van der Waals surface area contributed by atoms with E-state index in [1.54, 1.807) is 54.4 Å². The van der Waals surface area contributed by atoms with E-state index in [1.807, 2.05) is 31.2 Å². The minimum absolute atomic E-state index is 0.304. The van der Waals surface area contributed by atoms with Gasteiger partial charge in [-0.25, -0.2) is 14.1 Å². The fraction of sp³-hybridized carbons (Fsp3) is 0.107. The lowest BCUT2D eigenvalue weighted by Crippen LogP contribution is -2.14. The number of halogens is 1. The monoisotopic (exact) mass is 482 g/mol. The summed E-state index contributed by atoms with van der Waals surface area (Å²) in [6, 6.07) is 20.5. The first-order chi connectivity index (χ1) is 17.5. The molecule has 2 heterocycles. The van der Waals surface area contributed by atoms with Crippen LogP contribution in [0.4, 0.5) is 10.1 Å². The van der Waals surface area contributed by atoms with Gasteiger partial charge in [0, 0.05) is 17.0 Å². The molecule has 5 aromatic rings. The molecule has 36 heavy (non-hydrogen) atoms. The number of nitrogens with one attached hydrogen (secondary N) is 1. The molecule has 1 amide bonds. The SMILES string of the molecule is COc1ccc(NC(=O)c2cc(-c3cnn(-c4ccc(F)cc4)c3C)nc3ccccc23)c(OC)c1. The first-order valence-corrected chi connectivity index (χ1v) is 11.2. The van der Waals surface area contributed by atoms with Crippen LogP contribution in [-0.4, -0.2) is 34.9 Å². The van der Waals surface area contributed by atoms with Crippen LogP contribution in [0.5, 0.6) is 11.5 Å². The van der Waals surface area contributed by atoms with E-state index in [-0.39, 0.29) is 11.7 Å². The lowest BCUT2D eigenvalue weighted by atomic mass is 10.0. The summed E-state index contributed by atoms with van der Waals surface area (Å²) in [6.07, 6.45) is 1.70. The zero-order valence-electron chi connectivity index (χ0n) is 19.9. The number of aromatic nitrogens is 3. The molecule has 0 saturated heterocycles. The van der Waals surface area contributed by atoms with Gasteiger partial charge in [0.1, 0.15) is 17.3 Å². The molecule has 0 atom stereocenters. The van der Waals surface area contributed by atoms with Crippen LogP contribution < -0.4 is 14.8 Å². The van der Waals surface area contributed by atoms with Crippen LogP contribution in [0.1, 0.15) is 16.1 Å². The van der Waals surface area contributed by atoms with Gasteiger partial charge >= 0.3 is 0 Å². The third kappa shape index (κ3) is 4.24. The minimum atomic E-state index is -0.316. The van der Waals surface area contributed by atoms with E-state index >= 15 is 0 Å². The van der Waals surface area contributed by atoms with Gasteiger partial charge < -0.3 is 14.8 Å². The highest BCUT2D eigenvalue weighted by molar-refractivity contribution is 6.13. The second kappa shape index (κ2) is 9.50. The van der Waals surface area contributed by atoms with Crippen LogP contribution in [0.25, 0.3) is 27.8 Å². The highest BCUT2D eigenvalue weighted by Gasteiger charge is 2.18. The summed E-state index contributed by atoms with van der Waals surface area (Å²) in [5, 5.41) is 8.14. The topological polar surface area (TPSA) is 78.3 Å². The summed E-state index contributed by atoms with van der Waals surface area (Å²) < 4.78 is 25.8. The van der Waals surface area contributed by atoms with Crippen LogP contribution in [0, 0.1) is 12.7 Å². The predicted molar refractivity (Wildman–Crippen MR) is 136 cm³/mol. The molecule has 0 fully saturated rings. The number of hydrogen-bond acceptors (Lipinski definition) is 5. The average molecular weight is 483 g/mol. The molecule has 0 aliphatic heterocycles. The Balaban J connectivity index is 1.57. The van der Waals surface area contributed by atoms with Crippen molar-refractivity contribution >= 4 is 22.5 Å². The number of benzene rings is 3. The maximum atomic E-state index is 13.5. The van der Waals surface area contributed by atoms with Crippen molar-refractivity contribution in [3.8, 4) is 28.4 Å². The number of para-hydroxylation sites is 1. The molecule has 0 aliphatic rings. The first-order valence-electron chi connectivity index (χ1n) is 11.2. The van der Waals surface area contributed by atoms with Gasteiger partial charge in [-0.2, -0.15) is 5.10 Å². The van der Waals surface area contributed by atoms with Crippen LogP contribution in [-0.2, 0) is 0 Å². The van der Waals surface area contributed by atoms with Gasteiger partial charge in [0.2, 0.25) is 0 Å². The lowest BCUT2D eigenvalue weighted by molar-refractivity contribution is 0.102. The summed E-state index contributed by atoms with van der Waals surface area (Å²) in [5.74, 6) is 0.485. The van der Waals surface area contributed by atoms with Gasteiger partial charge in [-0.15, -0.1) is 0 Å². The normalized spacial score (nSPS) is 10.9. The molecule has 0 saturated carbocycles. The van der Waals surface area contributed by atoms with E-state index in [4.69, 9.17) is 14.5 Å². The Morgan fingerprint density at radius 2 is 1.75 bits per heavy atom. The predicted octanol–water partition coefficient (Wildman–Crippen LogP) is 5.80. The highest BCUT2D eigenvalue weighted by atomic mass is 19.1. The molecule has 0 unspecified atom stereocenters. The average Bonchev–Trinajstić information content (AvgIpc) is 3.29. The highest BCUT2D eigenvalue weighted by Crippen LogP contribution is 2.32. The largest absolute Gasteiger partial charge is 0.497 e. The second-order valence-electron chi connectivity index (χ2n) is 8.12. The summed E-state index contributed by atoms with van der Waals surface area (Å²) in [6.45, 7) is 1.91. The van der Waals surface area contributed by atoms with E-state index in [9.17, 15) is 9.18 Å². The van der Waals surface area contributed by atoms with Gasteiger partial charge in [0.15, 0.2) is 0 Å². The van der Waals surface area contributed by atoms with Crippen molar-refractivity contribution in [2.75, 3.05) is 19.5 Å². The lowest BCUT2D eigenvalue weighted by Gasteiger charge is -2.13. The first kappa shape index (κ1) is 23.0. The molecular weight excluding hydrogens is 459 g/mol. The number of amides is 1. The Bertz CT molecular complexity index is 1580. The number of fused-ring (bicyclic) bond motifs is 1. The van der Waals surface area contributed by atoms with Crippen molar-refractivity contribution in [2.24, 2.45) is 0 Å². The van der Waals surface area contributed by atoms with Crippen LogP contribution in [0.3, 0.4) is 0 Å². The van der Waals surface area contributed by atoms with Crippen molar-refractivity contribution in [3.63, 3.8) is 0 Å². The summed E-state index contributed by atoms with van der Waals surface area (Å²) in [4.78, 5) is 18.3. The maximum absolute atomic E-state index is 13.5. The summed E-state index contributed by atoms with van der Waals surface area (Å²) >= 11 is 0. The smallest absolute Gasteiger partial charge is 0.256 e. The molecule has 180 valence electrons. The quantitative estimate of drug-likeness (QED) is 0.331. The number of methoxy groups -OCH3 is 2. The van der Waals surface area contributed by atoms with Gasteiger partial charge in [0.05, 0.1) is 54.3 Å². The molecule has 5 rings (SSSR count). The molecule has 0 radical (unpaired) electrons. The standard InChI is InChI=1S/C28H23FN4O3/c1-17-23(16-30-33(17)19-10-8-18(29)9-11-19)26-15-22(21-6-4-5-7-24(21)31-26)28(34)32-25-13-12-20(35-2)14-27(25)36-3/h4-16H,1-3H3,(H,32,34). The number of hydrogen-bond donors (Lipinski definition) is 1. The van der Waals surface area contributed by atoms with Crippen LogP contribution >= 0.6 is 0 Å². The number of nitrogens with zero attached hydrogens (tertiary/aromatic N) is 3. The van der Waals surface area contributed by atoms with Gasteiger partial charge in [-0.1, -0.05) is 18.2 Å². The molecule has 0 spiro atoms. The molecule has 8 heteroatoms. The van der Waals surface area contributed by atoms with Gasteiger partial charge in [0.25, 0.3) is 5.91 Å². The zero-order valence-corrected chi connectivity index (χ0v) is 19.9. The number of ether oxygens (including phenoxy) is 2. The van der Waals surface area contributed by atoms with Crippen molar-refractivity contribution in [1.29, 1.82) is 0 Å². The summed E-state index contributed by atoms with van der Waals surface area (Å²) in [5.41, 5.74) is 4.56. The number of pyridine rings is 1. The van der Waals surface area contributed by atoms with Crippen molar-refractivity contribution in [3.05, 3.63) is 96.1 Å². The van der Waals surface area contributed by atoms with Crippen LogP contribution in [0.2, 0.25) is 0 Å². The Morgan fingerprint density at radius 1 is 0.972 bits per heavy atom.